The highest BCUT2D eigenvalue weighted by Gasteiger charge is 2.40. The van der Waals surface area contributed by atoms with Crippen LogP contribution in [0.25, 0.3) is 0 Å². The monoisotopic (exact) mass is 267 g/mol. The van der Waals surface area contributed by atoms with Gasteiger partial charge in [0, 0.05) is 5.56 Å². The minimum absolute atomic E-state index is 0.215. The molecule has 1 atom stereocenters. The lowest BCUT2D eigenvalue weighted by Crippen LogP contribution is -2.28. The van der Waals surface area contributed by atoms with Crippen molar-refractivity contribution in [2.75, 3.05) is 0 Å². The lowest BCUT2D eigenvalue weighted by Gasteiger charge is -2.18. The molecule has 0 saturated carbocycles. The van der Waals surface area contributed by atoms with E-state index >= 15 is 0 Å². The van der Waals surface area contributed by atoms with E-state index in [9.17, 15) is 27.5 Å². The number of nitrogens with two attached hydrogens (primary N) is 1. The molecule has 18 heavy (non-hydrogen) atoms. The van der Waals surface area contributed by atoms with Crippen LogP contribution in [0.1, 0.15) is 17.2 Å². The maximum atomic E-state index is 13.2. The van der Waals surface area contributed by atoms with Crippen LogP contribution in [0.5, 0.6) is 5.75 Å². The number of carboxylic acid groups (broad SMARTS) is 1. The normalized spacial score (nSPS) is 13.4. The van der Waals surface area contributed by atoms with Crippen LogP contribution in [0.2, 0.25) is 0 Å². The highest BCUT2D eigenvalue weighted by Crippen LogP contribution is 2.36. The Hall–Kier alpha value is -1.83. The molecule has 8 heteroatoms. The van der Waals surface area contributed by atoms with Gasteiger partial charge >= 0.3 is 12.1 Å². The van der Waals surface area contributed by atoms with Crippen LogP contribution < -0.4 is 5.73 Å². The first kappa shape index (κ1) is 14.2. The van der Waals surface area contributed by atoms with Gasteiger partial charge in [-0.15, -0.1) is 0 Å². The summed E-state index contributed by atoms with van der Waals surface area (Å²) in [6, 6.07) is -1.21. The second-order valence-electron chi connectivity index (χ2n) is 3.61. The smallest absolute Gasteiger partial charge is 0.407 e. The molecule has 0 heterocycles. The van der Waals surface area contributed by atoms with Gasteiger partial charge in [-0.2, -0.15) is 13.2 Å². The molecule has 0 unspecified atom stereocenters. The molecule has 0 bridgehead atoms. The number of rotatable bonds is 3. The second-order valence-corrected chi connectivity index (χ2v) is 3.61. The molecule has 0 fully saturated rings. The molecule has 0 aromatic heterocycles. The number of carbonyl (C=O) groups is 1. The van der Waals surface area contributed by atoms with Crippen LogP contribution >= 0.6 is 0 Å². The fourth-order valence-electron chi connectivity index (χ4n) is 1.37. The Bertz CT molecular complexity index is 473. The van der Waals surface area contributed by atoms with Crippen molar-refractivity contribution in [1.82, 2.24) is 0 Å². The van der Waals surface area contributed by atoms with Crippen LogP contribution in [0.4, 0.5) is 17.6 Å². The molecule has 0 saturated heterocycles. The molecule has 0 aliphatic heterocycles. The summed E-state index contributed by atoms with van der Waals surface area (Å²) in [5.41, 5.74) is 3.74. The van der Waals surface area contributed by atoms with Gasteiger partial charge in [-0.3, -0.25) is 4.79 Å². The van der Waals surface area contributed by atoms with Crippen molar-refractivity contribution in [3.63, 3.8) is 0 Å². The molecule has 0 aliphatic rings. The van der Waals surface area contributed by atoms with E-state index in [-0.39, 0.29) is 5.56 Å². The Morgan fingerprint density at radius 2 is 1.94 bits per heavy atom. The first-order chi connectivity index (χ1) is 8.12. The van der Waals surface area contributed by atoms with E-state index in [2.05, 4.69) is 0 Å². The summed E-state index contributed by atoms with van der Waals surface area (Å²) in [7, 11) is 0. The minimum Gasteiger partial charge on any atom is -0.505 e. The zero-order valence-corrected chi connectivity index (χ0v) is 8.83. The first-order valence-electron chi connectivity index (χ1n) is 4.68. The standard InChI is InChI=1S/C10H9F4NO3/c11-6-2-4(3-7(16)17)1-5(8(6)18)9(15)10(12,13)14/h1-2,9,18H,3,15H2,(H,16,17)/t9-/m1/s1. The number of hydrogen-bond donors (Lipinski definition) is 3. The van der Waals surface area contributed by atoms with Gasteiger partial charge in [0.05, 0.1) is 6.42 Å². The number of benzene rings is 1. The molecule has 1 aromatic carbocycles. The predicted octanol–water partition coefficient (Wildman–Crippen LogP) is 1.72. The molecule has 0 spiro atoms. The van der Waals surface area contributed by atoms with Gasteiger partial charge in [0.25, 0.3) is 0 Å². The first-order valence-corrected chi connectivity index (χ1v) is 4.68. The lowest BCUT2D eigenvalue weighted by atomic mass is 10.0. The van der Waals surface area contributed by atoms with Crippen molar-refractivity contribution >= 4 is 5.97 Å². The Balaban J connectivity index is 3.26. The van der Waals surface area contributed by atoms with E-state index < -0.39 is 41.7 Å². The SMILES string of the molecule is N[C@H](c1cc(CC(=O)O)cc(F)c1O)C(F)(F)F. The summed E-state index contributed by atoms with van der Waals surface area (Å²) in [6.07, 6.45) is -5.54. The van der Waals surface area contributed by atoms with Crippen LogP contribution in [-0.2, 0) is 11.2 Å². The molecular weight excluding hydrogens is 258 g/mol. The third kappa shape index (κ3) is 3.10. The predicted molar refractivity (Wildman–Crippen MR) is 52.4 cm³/mol. The summed E-state index contributed by atoms with van der Waals surface area (Å²) in [5, 5.41) is 17.7. The minimum atomic E-state index is -4.87. The number of aromatic hydroxyl groups is 1. The summed E-state index contributed by atoms with van der Waals surface area (Å²) in [4.78, 5) is 10.4. The number of phenolic OH excluding ortho intramolecular Hbond substituents is 1. The van der Waals surface area contributed by atoms with Gasteiger partial charge in [-0.05, 0) is 17.7 Å². The molecule has 1 rings (SSSR count). The lowest BCUT2D eigenvalue weighted by molar-refractivity contribution is -0.149. The third-order valence-electron chi connectivity index (χ3n) is 2.20. The quantitative estimate of drug-likeness (QED) is 0.728. The number of carboxylic acids is 1. The fourth-order valence-corrected chi connectivity index (χ4v) is 1.37. The zero-order chi connectivity index (χ0) is 14.1. The molecule has 0 amide bonds. The number of alkyl halides is 3. The van der Waals surface area contributed by atoms with Gasteiger partial charge in [-0.1, -0.05) is 0 Å². The van der Waals surface area contributed by atoms with E-state index in [0.717, 1.165) is 6.07 Å². The van der Waals surface area contributed by atoms with Gasteiger partial charge in [0.1, 0.15) is 6.04 Å². The fraction of sp³-hybridized carbons (Fsp3) is 0.300. The zero-order valence-electron chi connectivity index (χ0n) is 8.83. The van der Waals surface area contributed by atoms with Crippen molar-refractivity contribution in [3.05, 3.63) is 29.1 Å². The number of hydrogen-bond acceptors (Lipinski definition) is 3. The van der Waals surface area contributed by atoms with E-state index in [4.69, 9.17) is 10.8 Å². The Labute approximate surface area is 98.6 Å². The highest BCUT2D eigenvalue weighted by atomic mass is 19.4. The largest absolute Gasteiger partial charge is 0.505 e. The van der Waals surface area contributed by atoms with Crippen LogP contribution in [-0.4, -0.2) is 22.4 Å². The van der Waals surface area contributed by atoms with Crippen molar-refractivity contribution in [3.8, 4) is 5.75 Å². The van der Waals surface area contributed by atoms with Crippen molar-refractivity contribution in [2.24, 2.45) is 5.73 Å². The van der Waals surface area contributed by atoms with Gasteiger partial charge < -0.3 is 15.9 Å². The average Bonchev–Trinajstić information content (AvgIpc) is 2.20. The maximum Gasteiger partial charge on any atom is 0.407 e. The molecule has 4 nitrogen and oxygen atoms in total. The molecular formula is C10H9F4NO3. The van der Waals surface area contributed by atoms with Gasteiger partial charge in [-0.25, -0.2) is 4.39 Å². The summed E-state index contributed by atoms with van der Waals surface area (Å²) >= 11 is 0. The topological polar surface area (TPSA) is 83.6 Å². The van der Waals surface area contributed by atoms with Crippen LogP contribution in [0.15, 0.2) is 12.1 Å². The number of aliphatic carboxylic acids is 1. The third-order valence-corrected chi connectivity index (χ3v) is 2.20. The van der Waals surface area contributed by atoms with Gasteiger partial charge in [0.2, 0.25) is 0 Å². The molecule has 0 aliphatic carbocycles. The maximum absolute atomic E-state index is 13.2. The van der Waals surface area contributed by atoms with E-state index in [1.54, 1.807) is 0 Å². The summed E-state index contributed by atoms with van der Waals surface area (Å²) in [5.74, 6) is -3.91. The van der Waals surface area contributed by atoms with Gasteiger partial charge in [0.15, 0.2) is 11.6 Å². The number of halogens is 4. The second kappa shape index (κ2) is 4.81. The van der Waals surface area contributed by atoms with Crippen molar-refractivity contribution in [2.45, 2.75) is 18.6 Å². The van der Waals surface area contributed by atoms with Crippen LogP contribution in [0, 0.1) is 5.82 Å². The highest BCUT2D eigenvalue weighted by molar-refractivity contribution is 5.70. The van der Waals surface area contributed by atoms with Crippen molar-refractivity contribution < 1.29 is 32.6 Å². The van der Waals surface area contributed by atoms with Crippen LogP contribution in [0.3, 0.4) is 0 Å². The van der Waals surface area contributed by atoms with Crippen molar-refractivity contribution in [1.29, 1.82) is 0 Å². The summed E-state index contributed by atoms with van der Waals surface area (Å²) in [6.45, 7) is 0. The molecule has 4 N–H and O–H groups in total. The molecule has 1 aromatic rings. The van der Waals surface area contributed by atoms with E-state index in [1.807, 2.05) is 0 Å². The Morgan fingerprint density at radius 1 is 1.39 bits per heavy atom. The molecule has 100 valence electrons. The van der Waals surface area contributed by atoms with E-state index in [0.29, 0.717) is 6.07 Å². The molecule has 0 radical (unpaired) electrons. The van der Waals surface area contributed by atoms with E-state index in [1.165, 1.54) is 0 Å². The Kier molecular flexibility index (Phi) is 3.80. The Morgan fingerprint density at radius 3 is 2.39 bits per heavy atom. The average molecular weight is 267 g/mol. The summed E-state index contributed by atoms with van der Waals surface area (Å²) < 4.78 is 50.3. The number of phenols is 1.